The average Bonchev–Trinajstić information content (AvgIpc) is 2.67. The molecule has 0 unspecified atom stereocenters. The molecule has 0 radical (unpaired) electrons. The number of hydrogen-bond donors (Lipinski definition) is 1. The van der Waals surface area contributed by atoms with E-state index in [1.165, 1.54) is 0 Å². The quantitative estimate of drug-likeness (QED) is 0.576. The minimum absolute atomic E-state index is 0.0220. The van der Waals surface area contributed by atoms with Gasteiger partial charge < -0.3 is 4.74 Å². The average molecular weight is 425 g/mol. The van der Waals surface area contributed by atoms with Crippen LogP contribution in [0, 0.1) is 6.92 Å². The van der Waals surface area contributed by atoms with Gasteiger partial charge >= 0.3 is 0 Å². The zero-order valence-corrected chi connectivity index (χ0v) is 18.8. The fraction of sp³-hybridized carbons (Fsp3) is 0.292. The molecule has 0 spiro atoms. The Hall–Kier alpha value is -2.70. The van der Waals surface area contributed by atoms with Gasteiger partial charge in [-0.05, 0) is 75.6 Å². The van der Waals surface area contributed by atoms with Crippen LogP contribution in [0.3, 0.4) is 0 Å². The highest BCUT2D eigenvalue weighted by Crippen LogP contribution is 2.33. The van der Waals surface area contributed by atoms with Crippen LogP contribution in [0.1, 0.15) is 38.8 Å². The van der Waals surface area contributed by atoms with Gasteiger partial charge in [-0.2, -0.15) is 0 Å². The summed E-state index contributed by atoms with van der Waals surface area (Å²) in [5, 5.41) is 0. The summed E-state index contributed by atoms with van der Waals surface area (Å²) in [6.07, 6.45) is 3.45. The van der Waals surface area contributed by atoms with Crippen molar-refractivity contribution in [3.8, 4) is 16.9 Å². The summed E-state index contributed by atoms with van der Waals surface area (Å²) in [4.78, 5) is 4.43. The first-order valence-corrected chi connectivity index (χ1v) is 11.4. The smallest absolute Gasteiger partial charge is 0.241 e. The Bertz CT molecular complexity index is 1140. The van der Waals surface area contributed by atoms with Gasteiger partial charge in [0, 0.05) is 11.8 Å². The molecule has 0 fully saturated rings. The molecular formula is C24H28N2O3S. The number of pyridine rings is 1. The molecular weight excluding hydrogens is 396 g/mol. The number of aryl methyl sites for hydroxylation is 1. The summed E-state index contributed by atoms with van der Waals surface area (Å²) >= 11 is 0. The molecule has 0 amide bonds. The topological polar surface area (TPSA) is 68.3 Å². The van der Waals surface area contributed by atoms with Gasteiger partial charge in [0.25, 0.3) is 0 Å². The van der Waals surface area contributed by atoms with Crippen molar-refractivity contribution in [2.45, 2.75) is 51.2 Å². The Kier molecular flexibility index (Phi) is 6.29. The Balaban J connectivity index is 1.95. The summed E-state index contributed by atoms with van der Waals surface area (Å²) in [7, 11) is -3.67. The second kappa shape index (κ2) is 8.58. The number of ether oxygens (including phenoxy) is 1. The highest BCUT2D eigenvalue weighted by Gasteiger charge is 2.28. The Morgan fingerprint density at radius 1 is 1.03 bits per heavy atom. The maximum Gasteiger partial charge on any atom is 0.241 e. The lowest BCUT2D eigenvalue weighted by molar-refractivity contribution is 0.242. The standard InChI is InChI=1S/C24H28N2O3S/c1-17(2)29-23-16-25-13-12-22(23)19-9-7-10-20(15-19)24(4,5)26-30(27,28)21-11-6-8-18(3)14-21/h6-17,26H,1-5H3. The molecule has 0 bridgehead atoms. The molecule has 158 valence electrons. The molecule has 0 saturated carbocycles. The fourth-order valence-corrected chi connectivity index (χ4v) is 4.78. The van der Waals surface area contributed by atoms with Gasteiger partial charge in [-0.3, -0.25) is 4.98 Å². The van der Waals surface area contributed by atoms with Crippen molar-refractivity contribution in [3.05, 3.63) is 78.1 Å². The minimum Gasteiger partial charge on any atom is -0.489 e. The maximum atomic E-state index is 13.0. The van der Waals surface area contributed by atoms with Crippen molar-refractivity contribution in [1.29, 1.82) is 0 Å². The molecule has 0 aliphatic carbocycles. The van der Waals surface area contributed by atoms with Crippen LogP contribution in [0.5, 0.6) is 5.75 Å². The lowest BCUT2D eigenvalue weighted by Crippen LogP contribution is -2.40. The molecule has 30 heavy (non-hydrogen) atoms. The van der Waals surface area contributed by atoms with E-state index in [0.29, 0.717) is 5.75 Å². The Labute approximate surface area is 179 Å². The Morgan fingerprint density at radius 2 is 1.77 bits per heavy atom. The van der Waals surface area contributed by atoms with Crippen molar-refractivity contribution in [2.75, 3.05) is 0 Å². The van der Waals surface area contributed by atoms with Gasteiger partial charge in [0.05, 0.1) is 22.7 Å². The molecule has 3 aromatic rings. The van der Waals surface area contributed by atoms with Crippen molar-refractivity contribution < 1.29 is 13.2 Å². The summed E-state index contributed by atoms with van der Waals surface area (Å²) in [5.41, 5.74) is 2.79. The van der Waals surface area contributed by atoms with Crippen molar-refractivity contribution >= 4 is 10.0 Å². The number of nitrogens with zero attached hydrogens (tertiary/aromatic N) is 1. The molecule has 3 rings (SSSR count). The summed E-state index contributed by atoms with van der Waals surface area (Å²) < 4.78 is 34.7. The number of benzene rings is 2. The summed E-state index contributed by atoms with van der Waals surface area (Å²) in [6.45, 7) is 9.53. The largest absolute Gasteiger partial charge is 0.489 e. The molecule has 0 aliphatic heterocycles. The number of aromatic nitrogens is 1. The van der Waals surface area contributed by atoms with Crippen LogP contribution in [0.2, 0.25) is 0 Å². The van der Waals surface area contributed by atoms with E-state index in [4.69, 9.17) is 4.74 Å². The molecule has 1 aromatic heterocycles. The molecule has 0 aliphatic rings. The number of rotatable bonds is 7. The highest BCUT2D eigenvalue weighted by atomic mass is 32.2. The number of sulfonamides is 1. The molecule has 0 atom stereocenters. The summed E-state index contributed by atoms with van der Waals surface area (Å²) in [5.74, 6) is 0.697. The number of hydrogen-bond acceptors (Lipinski definition) is 4. The van der Waals surface area contributed by atoms with Crippen LogP contribution in [0.25, 0.3) is 11.1 Å². The SMILES string of the molecule is Cc1cccc(S(=O)(=O)NC(C)(C)c2cccc(-c3ccncc3OC(C)C)c2)c1. The van der Waals surface area contributed by atoms with Gasteiger partial charge in [0.15, 0.2) is 0 Å². The van der Waals surface area contributed by atoms with Gasteiger partial charge in [-0.25, -0.2) is 13.1 Å². The molecule has 5 nitrogen and oxygen atoms in total. The molecule has 2 aromatic carbocycles. The van der Waals surface area contributed by atoms with Crippen LogP contribution >= 0.6 is 0 Å². The maximum absolute atomic E-state index is 13.0. The van der Waals surface area contributed by atoms with E-state index in [1.807, 2.05) is 71.0 Å². The fourth-order valence-electron chi connectivity index (χ4n) is 3.28. The molecule has 1 heterocycles. The van der Waals surface area contributed by atoms with E-state index in [9.17, 15) is 8.42 Å². The van der Waals surface area contributed by atoms with Crippen LogP contribution in [0.4, 0.5) is 0 Å². The van der Waals surface area contributed by atoms with Crippen LogP contribution < -0.4 is 9.46 Å². The second-order valence-electron chi connectivity index (χ2n) is 8.17. The second-order valence-corrected chi connectivity index (χ2v) is 9.85. The van der Waals surface area contributed by atoms with Crippen molar-refractivity contribution in [3.63, 3.8) is 0 Å². The van der Waals surface area contributed by atoms with Gasteiger partial charge in [0.2, 0.25) is 10.0 Å². The monoisotopic (exact) mass is 424 g/mol. The summed E-state index contributed by atoms with van der Waals surface area (Å²) in [6, 6.07) is 16.6. The van der Waals surface area contributed by atoms with Crippen LogP contribution in [-0.2, 0) is 15.6 Å². The normalized spacial score (nSPS) is 12.2. The lowest BCUT2D eigenvalue weighted by Gasteiger charge is -2.27. The van der Waals surface area contributed by atoms with Crippen LogP contribution in [-0.4, -0.2) is 19.5 Å². The third kappa shape index (κ3) is 5.07. The predicted molar refractivity (Wildman–Crippen MR) is 120 cm³/mol. The van der Waals surface area contributed by atoms with Gasteiger partial charge in [0.1, 0.15) is 5.75 Å². The zero-order valence-electron chi connectivity index (χ0n) is 18.0. The third-order valence-corrected chi connectivity index (χ3v) is 6.39. The van der Waals surface area contributed by atoms with E-state index in [1.54, 1.807) is 30.6 Å². The predicted octanol–water partition coefficient (Wildman–Crippen LogP) is 5.06. The van der Waals surface area contributed by atoms with Gasteiger partial charge in [-0.1, -0.05) is 30.3 Å². The highest BCUT2D eigenvalue weighted by molar-refractivity contribution is 7.89. The van der Waals surface area contributed by atoms with E-state index < -0.39 is 15.6 Å². The van der Waals surface area contributed by atoms with E-state index in [0.717, 1.165) is 22.3 Å². The molecule has 1 N–H and O–H groups in total. The molecule has 6 heteroatoms. The molecule has 0 saturated heterocycles. The van der Waals surface area contributed by atoms with E-state index >= 15 is 0 Å². The van der Waals surface area contributed by atoms with E-state index in [2.05, 4.69) is 9.71 Å². The van der Waals surface area contributed by atoms with Crippen LogP contribution in [0.15, 0.2) is 71.9 Å². The van der Waals surface area contributed by atoms with Crippen molar-refractivity contribution in [1.82, 2.24) is 9.71 Å². The van der Waals surface area contributed by atoms with Crippen molar-refractivity contribution in [2.24, 2.45) is 0 Å². The first-order chi connectivity index (χ1) is 14.1. The number of nitrogens with one attached hydrogen (secondary N) is 1. The first-order valence-electron chi connectivity index (χ1n) is 9.91. The third-order valence-electron chi connectivity index (χ3n) is 4.73. The van der Waals surface area contributed by atoms with Gasteiger partial charge in [-0.15, -0.1) is 0 Å². The Morgan fingerprint density at radius 3 is 2.47 bits per heavy atom. The zero-order chi connectivity index (χ0) is 21.9. The minimum atomic E-state index is -3.67. The van der Waals surface area contributed by atoms with E-state index in [-0.39, 0.29) is 11.0 Å². The first kappa shape index (κ1) is 22.0. The lowest BCUT2D eigenvalue weighted by atomic mass is 9.92.